The summed E-state index contributed by atoms with van der Waals surface area (Å²) in [5, 5.41) is 19.2. The molecule has 0 saturated heterocycles. The molecule has 96 valence electrons. The fraction of sp³-hybridized carbons (Fsp3) is 0.727. The number of nitrogens with zero attached hydrogens (tertiary/aromatic N) is 2. The molecular formula is C11H19N3O3. The van der Waals surface area contributed by atoms with E-state index in [2.05, 4.69) is 27.2 Å². The molecule has 0 aliphatic carbocycles. The molecule has 0 fully saturated rings. The number of aryl methyl sites for hydroxylation is 1. The molecule has 0 saturated carbocycles. The second-order valence-corrected chi connectivity index (χ2v) is 4.30. The van der Waals surface area contributed by atoms with Crippen LogP contribution in [0.4, 0.5) is 0 Å². The largest absolute Gasteiger partial charge is 0.481 e. The molecule has 1 heterocycles. The van der Waals surface area contributed by atoms with Crippen LogP contribution >= 0.6 is 0 Å². The van der Waals surface area contributed by atoms with Crippen molar-refractivity contribution in [1.29, 1.82) is 0 Å². The first-order valence-electron chi connectivity index (χ1n) is 5.80. The van der Waals surface area contributed by atoms with Gasteiger partial charge in [0.2, 0.25) is 0 Å². The number of carboxylic acid groups (broad SMARTS) is 1. The molecule has 1 unspecified atom stereocenters. The Morgan fingerprint density at radius 3 is 2.82 bits per heavy atom. The summed E-state index contributed by atoms with van der Waals surface area (Å²) in [4.78, 5) is 10.4. The number of rotatable bonds is 8. The molecule has 1 rings (SSSR count). The van der Waals surface area contributed by atoms with Crippen molar-refractivity contribution in [2.45, 2.75) is 39.7 Å². The van der Waals surface area contributed by atoms with E-state index in [0.717, 1.165) is 30.8 Å². The average Bonchev–Trinajstić information content (AvgIpc) is 2.68. The Morgan fingerprint density at radius 1 is 1.47 bits per heavy atom. The summed E-state index contributed by atoms with van der Waals surface area (Å²) in [6.07, 6.45) is 1.92. The normalized spacial score (nSPS) is 12.6. The number of carboxylic acids is 1. The third-order valence-corrected chi connectivity index (χ3v) is 2.70. The van der Waals surface area contributed by atoms with Crippen LogP contribution < -0.4 is 5.32 Å². The van der Waals surface area contributed by atoms with Crippen LogP contribution in [0.2, 0.25) is 0 Å². The average molecular weight is 241 g/mol. The van der Waals surface area contributed by atoms with Crippen LogP contribution in [0.1, 0.15) is 37.6 Å². The first kappa shape index (κ1) is 13.6. The van der Waals surface area contributed by atoms with E-state index >= 15 is 0 Å². The van der Waals surface area contributed by atoms with Crippen LogP contribution in [0, 0.1) is 12.8 Å². The minimum Gasteiger partial charge on any atom is -0.481 e. The molecule has 0 spiro atoms. The highest BCUT2D eigenvalue weighted by Gasteiger charge is 2.06. The Labute approximate surface area is 100 Å². The third-order valence-electron chi connectivity index (χ3n) is 2.70. The topological polar surface area (TPSA) is 88.3 Å². The molecule has 0 bridgehead atoms. The Morgan fingerprint density at radius 2 is 2.24 bits per heavy atom. The van der Waals surface area contributed by atoms with Crippen LogP contribution in [-0.4, -0.2) is 27.9 Å². The van der Waals surface area contributed by atoms with Crippen molar-refractivity contribution in [2.75, 3.05) is 6.54 Å². The first-order valence-corrected chi connectivity index (χ1v) is 5.80. The summed E-state index contributed by atoms with van der Waals surface area (Å²) >= 11 is 0. The number of nitrogens with one attached hydrogen (secondary N) is 1. The maximum absolute atomic E-state index is 10.4. The first-order chi connectivity index (χ1) is 8.09. The highest BCUT2D eigenvalue weighted by Crippen LogP contribution is 2.09. The van der Waals surface area contributed by atoms with E-state index in [-0.39, 0.29) is 6.42 Å². The van der Waals surface area contributed by atoms with Gasteiger partial charge in [0.1, 0.15) is 11.4 Å². The molecule has 0 aliphatic heterocycles. The van der Waals surface area contributed by atoms with Crippen molar-refractivity contribution in [1.82, 2.24) is 15.6 Å². The molecule has 0 amide bonds. The maximum atomic E-state index is 10.4. The van der Waals surface area contributed by atoms with Crippen molar-refractivity contribution in [3.05, 3.63) is 11.4 Å². The quantitative estimate of drug-likeness (QED) is 0.668. The lowest BCUT2D eigenvalue weighted by molar-refractivity contribution is -0.137. The van der Waals surface area contributed by atoms with E-state index in [9.17, 15) is 4.79 Å². The van der Waals surface area contributed by atoms with E-state index in [1.54, 1.807) is 0 Å². The van der Waals surface area contributed by atoms with E-state index in [1.807, 2.05) is 6.92 Å². The van der Waals surface area contributed by atoms with Crippen molar-refractivity contribution in [2.24, 2.45) is 5.92 Å². The summed E-state index contributed by atoms with van der Waals surface area (Å²) in [6, 6.07) is 0. The lowest BCUT2D eigenvalue weighted by Crippen LogP contribution is -2.18. The van der Waals surface area contributed by atoms with Crippen LogP contribution in [0.3, 0.4) is 0 Å². The predicted octanol–water partition coefficient (Wildman–Crippen LogP) is 1.36. The summed E-state index contributed by atoms with van der Waals surface area (Å²) in [5.74, 6) is -0.316. The van der Waals surface area contributed by atoms with Crippen LogP contribution in [-0.2, 0) is 11.3 Å². The van der Waals surface area contributed by atoms with Crippen LogP contribution in [0.5, 0.6) is 0 Å². The van der Waals surface area contributed by atoms with E-state index in [4.69, 9.17) is 5.11 Å². The van der Waals surface area contributed by atoms with Gasteiger partial charge in [-0.1, -0.05) is 17.2 Å². The molecule has 1 aromatic heterocycles. The van der Waals surface area contributed by atoms with Crippen molar-refractivity contribution in [3.63, 3.8) is 0 Å². The minimum atomic E-state index is -0.728. The molecule has 0 aromatic carbocycles. The lowest BCUT2D eigenvalue weighted by atomic mass is 10.0. The highest BCUT2D eigenvalue weighted by molar-refractivity contribution is 5.66. The van der Waals surface area contributed by atoms with Crippen LogP contribution in [0.15, 0.2) is 4.63 Å². The fourth-order valence-electron chi connectivity index (χ4n) is 1.48. The predicted molar refractivity (Wildman–Crippen MR) is 61.4 cm³/mol. The zero-order valence-corrected chi connectivity index (χ0v) is 10.3. The Hall–Kier alpha value is -1.43. The van der Waals surface area contributed by atoms with Gasteiger partial charge in [-0.15, -0.1) is 0 Å². The molecule has 0 radical (unpaired) electrons. The highest BCUT2D eigenvalue weighted by atomic mass is 16.6. The molecular weight excluding hydrogens is 222 g/mol. The van der Waals surface area contributed by atoms with Gasteiger partial charge in [0.05, 0.1) is 0 Å². The smallest absolute Gasteiger partial charge is 0.303 e. The second-order valence-electron chi connectivity index (χ2n) is 4.30. The van der Waals surface area contributed by atoms with Gasteiger partial charge in [-0.25, -0.2) is 4.63 Å². The number of carbonyl (C=O) groups is 1. The van der Waals surface area contributed by atoms with Crippen molar-refractivity contribution in [3.8, 4) is 0 Å². The summed E-state index contributed by atoms with van der Waals surface area (Å²) < 4.78 is 4.58. The maximum Gasteiger partial charge on any atom is 0.303 e. The van der Waals surface area contributed by atoms with Crippen LogP contribution in [0.25, 0.3) is 0 Å². The number of hydrogen-bond acceptors (Lipinski definition) is 5. The van der Waals surface area contributed by atoms with Gasteiger partial charge in [0, 0.05) is 13.0 Å². The minimum absolute atomic E-state index is 0.244. The van der Waals surface area contributed by atoms with E-state index < -0.39 is 5.97 Å². The Bertz CT molecular complexity index is 351. The van der Waals surface area contributed by atoms with Gasteiger partial charge in [-0.05, 0) is 32.2 Å². The number of aromatic nitrogens is 2. The molecule has 0 aliphatic rings. The van der Waals surface area contributed by atoms with Gasteiger partial charge >= 0.3 is 5.97 Å². The Kier molecular flexibility index (Phi) is 5.62. The summed E-state index contributed by atoms with van der Waals surface area (Å²) in [6.45, 7) is 5.39. The molecule has 1 aromatic rings. The SMILES string of the molecule is Cc1nonc1CNCCC(C)CCC(=O)O. The second kappa shape index (κ2) is 7.01. The lowest BCUT2D eigenvalue weighted by Gasteiger charge is -2.09. The van der Waals surface area contributed by atoms with Gasteiger partial charge in [0.25, 0.3) is 0 Å². The van der Waals surface area contributed by atoms with E-state index in [0.29, 0.717) is 12.5 Å². The molecule has 6 nitrogen and oxygen atoms in total. The fourth-order valence-corrected chi connectivity index (χ4v) is 1.48. The Balaban J connectivity index is 2.08. The zero-order chi connectivity index (χ0) is 12.7. The molecule has 2 N–H and O–H groups in total. The van der Waals surface area contributed by atoms with Crippen molar-refractivity contribution < 1.29 is 14.5 Å². The third kappa shape index (κ3) is 5.44. The summed E-state index contributed by atoms with van der Waals surface area (Å²) in [7, 11) is 0. The summed E-state index contributed by atoms with van der Waals surface area (Å²) in [5.41, 5.74) is 1.62. The van der Waals surface area contributed by atoms with Crippen molar-refractivity contribution >= 4 is 5.97 Å². The monoisotopic (exact) mass is 241 g/mol. The van der Waals surface area contributed by atoms with Gasteiger partial charge in [-0.3, -0.25) is 4.79 Å². The van der Waals surface area contributed by atoms with Gasteiger partial charge < -0.3 is 10.4 Å². The van der Waals surface area contributed by atoms with E-state index in [1.165, 1.54) is 0 Å². The molecule has 1 atom stereocenters. The number of aliphatic carboxylic acids is 1. The van der Waals surface area contributed by atoms with Gasteiger partial charge in [0.15, 0.2) is 0 Å². The number of hydrogen-bond donors (Lipinski definition) is 2. The molecule has 6 heteroatoms. The zero-order valence-electron chi connectivity index (χ0n) is 10.3. The van der Waals surface area contributed by atoms with Gasteiger partial charge in [-0.2, -0.15) is 0 Å². The molecule has 17 heavy (non-hydrogen) atoms. The standard InChI is InChI=1S/C11H19N3O3/c1-8(3-4-11(15)16)5-6-12-7-10-9(2)13-17-14-10/h8,12H,3-7H2,1-2H3,(H,15,16).